The highest BCUT2D eigenvalue weighted by atomic mass is 15.1. The lowest BCUT2D eigenvalue weighted by Crippen LogP contribution is -2.49. The molecule has 6 rings (SSSR count). The van der Waals surface area contributed by atoms with Gasteiger partial charge < -0.3 is 4.90 Å². The Hall–Kier alpha value is -1.67. The van der Waals surface area contributed by atoms with Gasteiger partial charge in [0.25, 0.3) is 0 Å². The first-order valence-electron chi connectivity index (χ1n) is 12.8. The zero-order valence-corrected chi connectivity index (χ0v) is 19.6. The first-order valence-corrected chi connectivity index (χ1v) is 12.8. The second-order valence-electron chi connectivity index (χ2n) is 11.6. The number of benzene rings is 1. The Labute approximate surface area is 188 Å². The van der Waals surface area contributed by atoms with Crippen LogP contribution in [0.15, 0.2) is 42.7 Å². The van der Waals surface area contributed by atoms with Gasteiger partial charge in [0.05, 0.1) is 0 Å². The van der Waals surface area contributed by atoms with Crippen molar-refractivity contribution in [2.24, 2.45) is 35.0 Å². The quantitative estimate of drug-likeness (QED) is 0.536. The summed E-state index contributed by atoms with van der Waals surface area (Å²) >= 11 is 0. The van der Waals surface area contributed by atoms with E-state index < -0.39 is 0 Å². The van der Waals surface area contributed by atoms with Gasteiger partial charge >= 0.3 is 0 Å². The fourth-order valence-electron chi connectivity index (χ4n) is 8.56. The Balaban J connectivity index is 1.25. The summed E-state index contributed by atoms with van der Waals surface area (Å²) in [5.41, 5.74) is 3.45. The number of allylic oxidation sites excluding steroid dienone is 2. The molecule has 3 saturated carbocycles. The van der Waals surface area contributed by atoms with Crippen LogP contribution in [0.1, 0.15) is 63.9 Å². The van der Waals surface area contributed by atoms with Gasteiger partial charge in [-0.05, 0) is 129 Å². The van der Waals surface area contributed by atoms with Crippen LogP contribution in [0.3, 0.4) is 0 Å². The molecule has 2 heteroatoms. The molecule has 4 aliphatic rings. The summed E-state index contributed by atoms with van der Waals surface area (Å²) in [6.45, 7) is 2.61. The van der Waals surface area contributed by atoms with Crippen molar-refractivity contribution in [3.8, 4) is 0 Å². The molecule has 2 nitrogen and oxygen atoms in total. The van der Waals surface area contributed by atoms with Crippen molar-refractivity contribution in [2.45, 2.75) is 64.3 Å². The van der Waals surface area contributed by atoms with Crippen molar-refractivity contribution in [3.63, 3.8) is 0 Å². The van der Waals surface area contributed by atoms with E-state index in [0.29, 0.717) is 5.41 Å². The molecule has 4 aliphatic carbocycles. The molecule has 1 aromatic heterocycles. The number of pyridine rings is 1. The second-order valence-corrected chi connectivity index (χ2v) is 11.6. The van der Waals surface area contributed by atoms with Gasteiger partial charge in [0.2, 0.25) is 0 Å². The van der Waals surface area contributed by atoms with E-state index >= 15 is 0 Å². The summed E-state index contributed by atoms with van der Waals surface area (Å²) in [5.74, 6) is 4.81. The topological polar surface area (TPSA) is 16.1 Å². The van der Waals surface area contributed by atoms with E-state index in [9.17, 15) is 0 Å². The van der Waals surface area contributed by atoms with Crippen molar-refractivity contribution in [3.05, 3.63) is 48.3 Å². The van der Waals surface area contributed by atoms with E-state index in [1.807, 2.05) is 12.4 Å². The molecule has 0 bridgehead atoms. The van der Waals surface area contributed by atoms with Crippen molar-refractivity contribution in [1.82, 2.24) is 9.88 Å². The molecule has 0 aliphatic heterocycles. The number of hydrogen-bond donors (Lipinski definition) is 0. The molecule has 3 fully saturated rings. The van der Waals surface area contributed by atoms with Gasteiger partial charge in [-0.3, -0.25) is 4.98 Å². The van der Waals surface area contributed by atoms with Crippen LogP contribution in [0.25, 0.3) is 16.3 Å². The molecule has 0 radical (unpaired) electrons. The Morgan fingerprint density at radius 3 is 2.68 bits per heavy atom. The van der Waals surface area contributed by atoms with Gasteiger partial charge in [-0.15, -0.1) is 0 Å². The van der Waals surface area contributed by atoms with E-state index in [1.165, 1.54) is 67.7 Å². The van der Waals surface area contributed by atoms with Crippen molar-refractivity contribution in [2.75, 3.05) is 14.1 Å². The van der Waals surface area contributed by atoms with Crippen LogP contribution in [0.5, 0.6) is 0 Å². The molecular formula is C29H38N2. The van der Waals surface area contributed by atoms with Crippen LogP contribution in [-0.2, 0) is 0 Å². The highest BCUT2D eigenvalue weighted by Gasteiger charge is 2.54. The van der Waals surface area contributed by atoms with Crippen molar-refractivity contribution in [1.29, 1.82) is 0 Å². The minimum absolute atomic E-state index is 0.366. The summed E-state index contributed by atoms with van der Waals surface area (Å²) < 4.78 is 0. The van der Waals surface area contributed by atoms with Gasteiger partial charge in [0.15, 0.2) is 0 Å². The molecule has 0 amide bonds. The van der Waals surface area contributed by atoms with Crippen LogP contribution in [-0.4, -0.2) is 30.0 Å². The predicted octanol–water partition coefficient (Wildman–Crippen LogP) is 6.81. The van der Waals surface area contributed by atoms with Crippen molar-refractivity contribution >= 4 is 16.3 Å². The van der Waals surface area contributed by atoms with Crippen molar-refractivity contribution < 1.29 is 0 Å². The van der Waals surface area contributed by atoms with E-state index in [-0.39, 0.29) is 0 Å². The average molecular weight is 415 g/mol. The maximum atomic E-state index is 4.37. The molecule has 164 valence electrons. The molecular weight excluding hydrogens is 376 g/mol. The number of aromatic nitrogens is 1. The van der Waals surface area contributed by atoms with Crippen LogP contribution in [0.2, 0.25) is 0 Å². The fourth-order valence-corrected chi connectivity index (χ4v) is 8.56. The number of rotatable bonds is 2. The molecule has 2 unspecified atom stereocenters. The second kappa shape index (κ2) is 7.44. The Morgan fingerprint density at radius 2 is 1.81 bits per heavy atom. The Morgan fingerprint density at radius 1 is 0.935 bits per heavy atom. The van der Waals surface area contributed by atoms with Crippen LogP contribution in [0.4, 0.5) is 0 Å². The molecule has 1 heterocycles. The fraction of sp³-hybridized carbons (Fsp3) is 0.621. The van der Waals surface area contributed by atoms with Gasteiger partial charge in [-0.25, -0.2) is 0 Å². The Bertz CT molecular complexity index is 1010. The number of nitrogens with zero attached hydrogens (tertiary/aromatic N) is 2. The summed E-state index contributed by atoms with van der Waals surface area (Å²) in [6.07, 6.45) is 18.0. The lowest BCUT2D eigenvalue weighted by molar-refractivity contribution is -0.0482. The highest BCUT2D eigenvalue weighted by molar-refractivity contribution is 5.86. The maximum absolute atomic E-state index is 4.37. The predicted molar refractivity (Wildman–Crippen MR) is 130 cm³/mol. The van der Waals surface area contributed by atoms with Gasteiger partial charge in [-0.1, -0.05) is 25.1 Å². The minimum Gasteiger partial charge on any atom is -0.306 e. The first kappa shape index (κ1) is 20.0. The van der Waals surface area contributed by atoms with E-state index in [2.05, 4.69) is 61.2 Å². The third-order valence-electron chi connectivity index (χ3n) is 10.2. The summed E-state index contributed by atoms with van der Waals surface area (Å²) in [4.78, 5) is 6.86. The van der Waals surface area contributed by atoms with Gasteiger partial charge in [-0.2, -0.15) is 0 Å². The molecule has 0 saturated heterocycles. The average Bonchev–Trinajstić information content (AvgIpc) is 3.15. The zero-order chi connectivity index (χ0) is 21.2. The Kier molecular flexibility index (Phi) is 4.79. The largest absolute Gasteiger partial charge is 0.306 e. The third kappa shape index (κ3) is 3.12. The van der Waals surface area contributed by atoms with E-state index in [1.54, 1.807) is 5.57 Å². The summed E-state index contributed by atoms with van der Waals surface area (Å²) in [6, 6.07) is 10.0. The van der Waals surface area contributed by atoms with Crippen LogP contribution < -0.4 is 0 Å². The monoisotopic (exact) mass is 414 g/mol. The first-order chi connectivity index (χ1) is 15.0. The third-order valence-corrected chi connectivity index (χ3v) is 10.2. The van der Waals surface area contributed by atoms with Crippen LogP contribution in [0, 0.1) is 35.0 Å². The SMILES string of the molecule is CN(C)C1CC[C@H]2[C@@H](CCC3[C@@H]2CC[C@]2(C)C(c4ccc5ccncc5c4)=CC[C@@H]32)C1. The summed E-state index contributed by atoms with van der Waals surface area (Å²) in [5, 5.41) is 2.58. The molecule has 31 heavy (non-hydrogen) atoms. The van der Waals surface area contributed by atoms with Crippen LogP contribution >= 0.6 is 0 Å². The van der Waals surface area contributed by atoms with E-state index in [0.717, 1.165) is 35.6 Å². The molecule has 2 aromatic rings. The zero-order valence-electron chi connectivity index (χ0n) is 19.6. The lowest BCUT2D eigenvalue weighted by Gasteiger charge is -2.56. The molecule has 0 N–H and O–H groups in total. The lowest BCUT2D eigenvalue weighted by atomic mass is 9.49. The van der Waals surface area contributed by atoms with E-state index in [4.69, 9.17) is 0 Å². The normalized spacial score (nSPS) is 39.7. The highest BCUT2D eigenvalue weighted by Crippen LogP contribution is 2.64. The molecule has 0 spiro atoms. The standard InChI is InChI=1S/C29H38N2/c1-29-14-12-25-24-9-7-23(31(2)3)17-20(24)6-8-26(25)28(29)11-10-27(29)21-5-4-19-13-15-30-18-22(19)16-21/h4-5,10,13,15-16,18,20,23-26,28H,6-9,11-12,14,17H2,1-3H3/t20-,23?,24-,25+,26?,28-,29+/m0/s1. The summed E-state index contributed by atoms with van der Waals surface area (Å²) in [7, 11) is 4.58. The smallest absolute Gasteiger partial charge is 0.0346 e. The minimum atomic E-state index is 0.366. The van der Waals surface area contributed by atoms with Gasteiger partial charge in [0, 0.05) is 23.8 Å². The number of hydrogen-bond acceptors (Lipinski definition) is 2. The number of fused-ring (bicyclic) bond motifs is 6. The maximum Gasteiger partial charge on any atom is 0.0346 e. The molecule has 7 atom stereocenters. The van der Waals surface area contributed by atoms with Gasteiger partial charge in [0.1, 0.15) is 0 Å². The molecule has 1 aromatic carbocycles.